The molecule has 1 aliphatic carbocycles. The van der Waals surface area contributed by atoms with Gasteiger partial charge in [0.05, 0.1) is 29.9 Å². The lowest BCUT2D eigenvalue weighted by molar-refractivity contribution is -0.141. The third-order valence-corrected chi connectivity index (χ3v) is 5.91. The number of amides is 2. The monoisotopic (exact) mass is 402 g/mol. The zero-order valence-electron chi connectivity index (χ0n) is 16.5. The minimum atomic E-state index is -0.475. The Labute approximate surface area is 175 Å². The second-order valence-corrected chi connectivity index (χ2v) is 7.76. The molecule has 4 rings (SSSR count). The molecule has 0 N–H and O–H groups in total. The average Bonchev–Trinajstić information content (AvgIpc) is 3.03. The van der Waals surface area contributed by atoms with Crippen molar-refractivity contribution in [1.82, 2.24) is 4.90 Å². The van der Waals surface area contributed by atoms with Crippen molar-refractivity contribution in [2.75, 3.05) is 6.54 Å². The standard InChI is InChI=1S/C24H22N2O4/c25-15-16-5-7-17(8-6-16)18-9-11-19(12-10-18)30-22(27)13-14-26-23(28)20-3-1-2-4-21(20)24(26)29/h5-12,20-21H,1-4,13-14H2/t20-,21+. The van der Waals surface area contributed by atoms with Gasteiger partial charge in [0, 0.05) is 6.54 Å². The Kier molecular flexibility index (Phi) is 5.62. The van der Waals surface area contributed by atoms with Crippen LogP contribution in [0.5, 0.6) is 5.75 Å². The summed E-state index contributed by atoms with van der Waals surface area (Å²) in [6.07, 6.45) is 3.47. The van der Waals surface area contributed by atoms with Crippen LogP contribution in [0, 0.1) is 23.2 Å². The molecule has 2 aromatic rings. The van der Waals surface area contributed by atoms with Crippen LogP contribution in [0.3, 0.4) is 0 Å². The zero-order valence-corrected chi connectivity index (χ0v) is 16.5. The van der Waals surface area contributed by atoms with Gasteiger partial charge in [-0.1, -0.05) is 37.1 Å². The summed E-state index contributed by atoms with van der Waals surface area (Å²) in [6, 6.07) is 16.4. The predicted molar refractivity (Wildman–Crippen MR) is 109 cm³/mol. The number of imide groups is 1. The van der Waals surface area contributed by atoms with Crippen molar-refractivity contribution < 1.29 is 19.1 Å². The van der Waals surface area contributed by atoms with Gasteiger partial charge in [-0.3, -0.25) is 19.3 Å². The van der Waals surface area contributed by atoms with Crippen LogP contribution < -0.4 is 4.74 Å². The van der Waals surface area contributed by atoms with Crippen LogP contribution in [0.4, 0.5) is 0 Å². The van der Waals surface area contributed by atoms with Crippen LogP contribution in [0.2, 0.25) is 0 Å². The van der Waals surface area contributed by atoms with E-state index in [4.69, 9.17) is 10.00 Å². The van der Waals surface area contributed by atoms with Crippen LogP contribution >= 0.6 is 0 Å². The van der Waals surface area contributed by atoms with Gasteiger partial charge in [-0.05, 0) is 48.2 Å². The smallest absolute Gasteiger partial charge is 0.312 e. The molecule has 1 aliphatic heterocycles. The van der Waals surface area contributed by atoms with Crippen molar-refractivity contribution >= 4 is 17.8 Å². The number of likely N-dealkylation sites (tertiary alicyclic amines) is 1. The Balaban J connectivity index is 1.32. The van der Waals surface area contributed by atoms with Crippen LogP contribution in [0.25, 0.3) is 11.1 Å². The summed E-state index contributed by atoms with van der Waals surface area (Å²) >= 11 is 0. The molecule has 152 valence electrons. The second kappa shape index (κ2) is 8.50. The number of carbonyl (C=O) groups is 3. The minimum absolute atomic E-state index is 0.0196. The highest BCUT2D eigenvalue weighted by Crippen LogP contribution is 2.38. The summed E-state index contributed by atoms with van der Waals surface area (Å²) in [7, 11) is 0. The van der Waals surface area contributed by atoms with E-state index in [0.29, 0.717) is 11.3 Å². The summed E-state index contributed by atoms with van der Waals surface area (Å²) in [5.41, 5.74) is 2.49. The van der Waals surface area contributed by atoms with Crippen LogP contribution in [-0.4, -0.2) is 29.2 Å². The first kappa shape index (κ1) is 19.8. The molecule has 0 unspecified atom stereocenters. The Hall–Kier alpha value is -3.46. The van der Waals surface area contributed by atoms with E-state index in [-0.39, 0.29) is 36.6 Å². The van der Waals surface area contributed by atoms with E-state index in [1.807, 2.05) is 24.3 Å². The minimum Gasteiger partial charge on any atom is -0.426 e. The number of hydrogen-bond donors (Lipinski definition) is 0. The van der Waals surface area contributed by atoms with Gasteiger partial charge in [-0.15, -0.1) is 0 Å². The van der Waals surface area contributed by atoms with E-state index in [1.54, 1.807) is 24.3 Å². The average molecular weight is 402 g/mol. The molecule has 6 heteroatoms. The summed E-state index contributed by atoms with van der Waals surface area (Å²) in [4.78, 5) is 38.4. The Morgan fingerprint density at radius 2 is 1.47 bits per heavy atom. The number of ether oxygens (including phenoxy) is 1. The number of carbonyl (C=O) groups excluding carboxylic acids is 3. The molecule has 2 atom stereocenters. The number of rotatable bonds is 5. The van der Waals surface area contributed by atoms with E-state index >= 15 is 0 Å². The first-order chi connectivity index (χ1) is 14.6. The van der Waals surface area contributed by atoms with E-state index in [1.165, 1.54) is 4.90 Å². The second-order valence-electron chi connectivity index (χ2n) is 7.76. The summed E-state index contributed by atoms with van der Waals surface area (Å²) in [5.74, 6) is -0.732. The zero-order chi connectivity index (χ0) is 21.1. The molecule has 30 heavy (non-hydrogen) atoms. The fraction of sp³-hybridized carbons (Fsp3) is 0.333. The number of esters is 1. The van der Waals surface area contributed by atoms with Crippen molar-refractivity contribution in [3.05, 3.63) is 54.1 Å². The molecule has 6 nitrogen and oxygen atoms in total. The molecule has 2 aromatic carbocycles. The highest BCUT2D eigenvalue weighted by molar-refractivity contribution is 6.05. The maximum absolute atomic E-state index is 12.5. The highest BCUT2D eigenvalue weighted by Gasteiger charge is 2.47. The van der Waals surface area contributed by atoms with Gasteiger partial charge >= 0.3 is 5.97 Å². The van der Waals surface area contributed by atoms with Gasteiger partial charge in [-0.2, -0.15) is 5.26 Å². The molecular formula is C24H22N2O4. The van der Waals surface area contributed by atoms with Crippen molar-refractivity contribution in [3.63, 3.8) is 0 Å². The summed E-state index contributed by atoms with van der Waals surface area (Å²) in [6.45, 7) is 0.0762. The van der Waals surface area contributed by atoms with Gasteiger partial charge in [0.1, 0.15) is 5.75 Å². The van der Waals surface area contributed by atoms with E-state index in [0.717, 1.165) is 36.8 Å². The van der Waals surface area contributed by atoms with Crippen molar-refractivity contribution in [1.29, 1.82) is 5.26 Å². The molecule has 1 heterocycles. The SMILES string of the molecule is N#Cc1ccc(-c2ccc(OC(=O)CCN3C(=O)[C@H]4CCCC[C@H]4C3=O)cc2)cc1. The Bertz CT molecular complexity index is 981. The molecule has 2 amide bonds. The number of nitriles is 1. The van der Waals surface area contributed by atoms with Crippen molar-refractivity contribution in [3.8, 4) is 22.9 Å². The van der Waals surface area contributed by atoms with Gasteiger partial charge in [0.2, 0.25) is 11.8 Å². The van der Waals surface area contributed by atoms with Crippen molar-refractivity contribution in [2.24, 2.45) is 11.8 Å². The maximum Gasteiger partial charge on any atom is 0.312 e. The normalized spacial score (nSPS) is 20.6. The molecule has 0 aromatic heterocycles. The summed E-state index contributed by atoms with van der Waals surface area (Å²) < 4.78 is 5.36. The quantitative estimate of drug-likeness (QED) is 0.432. The molecular weight excluding hydrogens is 380 g/mol. The lowest BCUT2D eigenvalue weighted by Crippen LogP contribution is -2.33. The van der Waals surface area contributed by atoms with E-state index in [9.17, 15) is 14.4 Å². The van der Waals surface area contributed by atoms with Crippen LogP contribution in [0.1, 0.15) is 37.7 Å². The van der Waals surface area contributed by atoms with Gasteiger partial charge in [0.25, 0.3) is 0 Å². The number of benzene rings is 2. The fourth-order valence-corrected chi connectivity index (χ4v) is 4.29. The number of hydrogen-bond acceptors (Lipinski definition) is 5. The molecule has 2 aliphatic rings. The van der Waals surface area contributed by atoms with E-state index < -0.39 is 5.97 Å². The van der Waals surface area contributed by atoms with Gasteiger partial charge in [-0.25, -0.2) is 0 Å². The number of nitrogens with zero attached hydrogens (tertiary/aromatic N) is 2. The Morgan fingerprint density at radius 1 is 0.933 bits per heavy atom. The first-order valence-electron chi connectivity index (χ1n) is 10.2. The highest BCUT2D eigenvalue weighted by atomic mass is 16.5. The number of fused-ring (bicyclic) bond motifs is 1. The largest absolute Gasteiger partial charge is 0.426 e. The van der Waals surface area contributed by atoms with Gasteiger partial charge < -0.3 is 4.74 Å². The summed E-state index contributed by atoms with van der Waals surface area (Å²) in [5, 5.41) is 8.88. The fourth-order valence-electron chi connectivity index (χ4n) is 4.29. The van der Waals surface area contributed by atoms with Crippen LogP contribution in [-0.2, 0) is 14.4 Å². The molecule has 0 bridgehead atoms. The topological polar surface area (TPSA) is 87.5 Å². The van der Waals surface area contributed by atoms with Crippen molar-refractivity contribution in [2.45, 2.75) is 32.1 Å². The third kappa shape index (κ3) is 3.97. The molecule has 2 fully saturated rings. The predicted octanol–water partition coefficient (Wildman–Crippen LogP) is 3.70. The molecule has 1 saturated heterocycles. The molecule has 0 spiro atoms. The van der Waals surface area contributed by atoms with E-state index in [2.05, 4.69) is 6.07 Å². The lowest BCUT2D eigenvalue weighted by atomic mass is 9.81. The molecule has 1 saturated carbocycles. The van der Waals surface area contributed by atoms with Gasteiger partial charge in [0.15, 0.2) is 0 Å². The first-order valence-corrected chi connectivity index (χ1v) is 10.2. The lowest BCUT2D eigenvalue weighted by Gasteiger charge is -2.19. The molecule has 0 radical (unpaired) electrons. The third-order valence-electron chi connectivity index (χ3n) is 5.91. The van der Waals surface area contributed by atoms with Crippen LogP contribution in [0.15, 0.2) is 48.5 Å². The Morgan fingerprint density at radius 3 is 2.00 bits per heavy atom. The maximum atomic E-state index is 12.5.